The monoisotopic (exact) mass is 212 g/mol. The lowest BCUT2D eigenvalue weighted by Gasteiger charge is -2.12. The van der Waals surface area contributed by atoms with Gasteiger partial charge in [0.25, 0.3) is 0 Å². The molecule has 15 heavy (non-hydrogen) atoms. The van der Waals surface area contributed by atoms with E-state index in [-0.39, 0.29) is 11.8 Å². The fourth-order valence-corrected chi connectivity index (χ4v) is 1.75. The second-order valence-corrected chi connectivity index (χ2v) is 4.90. The molecule has 0 aromatic heterocycles. The molecule has 1 saturated carbocycles. The van der Waals surface area contributed by atoms with Gasteiger partial charge in [0, 0.05) is 12.5 Å². The average Bonchev–Trinajstić information content (AvgIpc) is 3.06. The molecular formula is C12H24N2O. The SMILES string of the molecule is CC(CN)CCCNC(=O)C(C)C1CC1. The summed E-state index contributed by atoms with van der Waals surface area (Å²) in [5, 5.41) is 3.00. The van der Waals surface area contributed by atoms with Crippen molar-refractivity contribution in [3.8, 4) is 0 Å². The second-order valence-electron chi connectivity index (χ2n) is 4.90. The van der Waals surface area contributed by atoms with E-state index in [4.69, 9.17) is 5.73 Å². The zero-order valence-electron chi connectivity index (χ0n) is 9.96. The summed E-state index contributed by atoms with van der Waals surface area (Å²) in [7, 11) is 0. The summed E-state index contributed by atoms with van der Waals surface area (Å²) in [4.78, 5) is 11.6. The number of rotatable bonds is 7. The highest BCUT2D eigenvalue weighted by atomic mass is 16.1. The molecule has 1 aliphatic carbocycles. The zero-order valence-corrected chi connectivity index (χ0v) is 9.96. The van der Waals surface area contributed by atoms with Crippen LogP contribution in [0.25, 0.3) is 0 Å². The molecule has 0 saturated heterocycles. The summed E-state index contributed by atoms with van der Waals surface area (Å²) in [6.45, 7) is 5.73. The molecule has 0 bridgehead atoms. The van der Waals surface area contributed by atoms with Gasteiger partial charge in [-0.3, -0.25) is 4.79 Å². The van der Waals surface area contributed by atoms with E-state index in [0.717, 1.165) is 25.9 Å². The third kappa shape index (κ3) is 4.65. The highest BCUT2D eigenvalue weighted by molar-refractivity contribution is 5.78. The third-order valence-corrected chi connectivity index (χ3v) is 3.32. The van der Waals surface area contributed by atoms with Crippen molar-refractivity contribution in [1.82, 2.24) is 5.32 Å². The standard InChI is InChI=1S/C12H24N2O/c1-9(8-13)4-3-7-14-12(15)10(2)11-5-6-11/h9-11H,3-8,13H2,1-2H3,(H,14,15). The average molecular weight is 212 g/mol. The van der Waals surface area contributed by atoms with Crippen molar-refractivity contribution in [1.29, 1.82) is 0 Å². The Morgan fingerprint density at radius 1 is 1.47 bits per heavy atom. The van der Waals surface area contributed by atoms with Gasteiger partial charge in [0.2, 0.25) is 5.91 Å². The third-order valence-electron chi connectivity index (χ3n) is 3.32. The highest BCUT2D eigenvalue weighted by Crippen LogP contribution is 2.36. The van der Waals surface area contributed by atoms with Crippen LogP contribution in [-0.2, 0) is 4.79 Å². The Morgan fingerprint density at radius 3 is 2.67 bits per heavy atom. The molecule has 0 aromatic rings. The number of nitrogens with two attached hydrogens (primary N) is 1. The lowest BCUT2D eigenvalue weighted by atomic mass is 10.0. The predicted molar refractivity (Wildman–Crippen MR) is 62.4 cm³/mol. The Balaban J connectivity index is 2.01. The molecular weight excluding hydrogens is 188 g/mol. The molecule has 1 amide bonds. The summed E-state index contributed by atoms with van der Waals surface area (Å²) in [5.41, 5.74) is 5.52. The van der Waals surface area contributed by atoms with Crippen LogP contribution in [0, 0.1) is 17.8 Å². The highest BCUT2D eigenvalue weighted by Gasteiger charge is 2.32. The van der Waals surface area contributed by atoms with Gasteiger partial charge in [-0.2, -0.15) is 0 Å². The fraction of sp³-hybridized carbons (Fsp3) is 0.917. The normalized spacial score (nSPS) is 19.7. The molecule has 88 valence electrons. The number of hydrogen-bond acceptors (Lipinski definition) is 2. The molecule has 0 radical (unpaired) electrons. The van der Waals surface area contributed by atoms with Crippen molar-refractivity contribution in [3.05, 3.63) is 0 Å². The molecule has 0 spiro atoms. The van der Waals surface area contributed by atoms with Crippen molar-refractivity contribution in [3.63, 3.8) is 0 Å². The van der Waals surface area contributed by atoms with E-state index in [1.807, 2.05) is 6.92 Å². The van der Waals surface area contributed by atoms with Crippen LogP contribution in [0.4, 0.5) is 0 Å². The second kappa shape index (κ2) is 6.11. The first-order valence-corrected chi connectivity index (χ1v) is 6.13. The Morgan fingerprint density at radius 2 is 2.13 bits per heavy atom. The van der Waals surface area contributed by atoms with Crippen LogP contribution in [0.15, 0.2) is 0 Å². The van der Waals surface area contributed by atoms with Crippen molar-refractivity contribution in [2.45, 2.75) is 39.5 Å². The largest absolute Gasteiger partial charge is 0.356 e. The molecule has 1 rings (SSSR count). The summed E-state index contributed by atoms with van der Waals surface area (Å²) in [5.74, 6) is 1.69. The Hall–Kier alpha value is -0.570. The maximum atomic E-state index is 11.6. The van der Waals surface area contributed by atoms with Crippen LogP contribution >= 0.6 is 0 Å². The van der Waals surface area contributed by atoms with Gasteiger partial charge in [-0.15, -0.1) is 0 Å². The molecule has 0 aliphatic heterocycles. The molecule has 0 heterocycles. The van der Waals surface area contributed by atoms with Crippen LogP contribution < -0.4 is 11.1 Å². The summed E-state index contributed by atoms with van der Waals surface area (Å²) >= 11 is 0. The Kier molecular flexibility index (Phi) is 5.09. The lowest BCUT2D eigenvalue weighted by Crippen LogP contribution is -2.31. The van der Waals surface area contributed by atoms with E-state index in [1.165, 1.54) is 12.8 Å². The minimum atomic E-state index is 0.219. The van der Waals surface area contributed by atoms with Crippen LogP contribution in [-0.4, -0.2) is 19.0 Å². The van der Waals surface area contributed by atoms with E-state index >= 15 is 0 Å². The maximum Gasteiger partial charge on any atom is 0.223 e. The summed E-state index contributed by atoms with van der Waals surface area (Å²) in [6, 6.07) is 0. The number of nitrogens with one attached hydrogen (secondary N) is 1. The van der Waals surface area contributed by atoms with Crippen LogP contribution in [0.3, 0.4) is 0 Å². The van der Waals surface area contributed by atoms with Gasteiger partial charge >= 0.3 is 0 Å². The first-order chi connectivity index (χ1) is 7.15. The maximum absolute atomic E-state index is 11.6. The molecule has 3 heteroatoms. The predicted octanol–water partition coefficient (Wildman–Crippen LogP) is 1.52. The minimum absolute atomic E-state index is 0.219. The van der Waals surface area contributed by atoms with E-state index in [9.17, 15) is 4.79 Å². The van der Waals surface area contributed by atoms with E-state index < -0.39 is 0 Å². The molecule has 2 unspecified atom stereocenters. The van der Waals surface area contributed by atoms with Gasteiger partial charge in [-0.25, -0.2) is 0 Å². The van der Waals surface area contributed by atoms with Crippen LogP contribution in [0.2, 0.25) is 0 Å². The Labute approximate surface area is 92.8 Å². The van der Waals surface area contributed by atoms with Gasteiger partial charge in [0.05, 0.1) is 0 Å². The lowest BCUT2D eigenvalue weighted by molar-refractivity contribution is -0.125. The number of hydrogen-bond donors (Lipinski definition) is 2. The molecule has 2 atom stereocenters. The smallest absolute Gasteiger partial charge is 0.223 e. The number of carbonyl (C=O) groups excluding carboxylic acids is 1. The van der Waals surface area contributed by atoms with Crippen LogP contribution in [0.5, 0.6) is 0 Å². The minimum Gasteiger partial charge on any atom is -0.356 e. The molecule has 3 N–H and O–H groups in total. The van der Waals surface area contributed by atoms with E-state index in [0.29, 0.717) is 11.8 Å². The van der Waals surface area contributed by atoms with E-state index in [2.05, 4.69) is 12.2 Å². The first kappa shape index (κ1) is 12.5. The van der Waals surface area contributed by atoms with Crippen molar-refractivity contribution >= 4 is 5.91 Å². The van der Waals surface area contributed by atoms with Gasteiger partial charge in [0.15, 0.2) is 0 Å². The molecule has 0 aromatic carbocycles. The van der Waals surface area contributed by atoms with Crippen LogP contribution in [0.1, 0.15) is 39.5 Å². The Bertz CT molecular complexity index is 202. The molecule has 3 nitrogen and oxygen atoms in total. The van der Waals surface area contributed by atoms with Gasteiger partial charge < -0.3 is 11.1 Å². The summed E-state index contributed by atoms with van der Waals surface area (Å²) < 4.78 is 0. The van der Waals surface area contributed by atoms with Gasteiger partial charge in [0.1, 0.15) is 0 Å². The fourth-order valence-electron chi connectivity index (χ4n) is 1.75. The number of carbonyl (C=O) groups is 1. The number of amides is 1. The van der Waals surface area contributed by atoms with Gasteiger partial charge in [-0.1, -0.05) is 13.8 Å². The summed E-state index contributed by atoms with van der Waals surface area (Å²) in [6.07, 6.45) is 4.62. The van der Waals surface area contributed by atoms with E-state index in [1.54, 1.807) is 0 Å². The topological polar surface area (TPSA) is 55.1 Å². The van der Waals surface area contributed by atoms with Crippen molar-refractivity contribution in [2.75, 3.05) is 13.1 Å². The van der Waals surface area contributed by atoms with Crippen molar-refractivity contribution < 1.29 is 4.79 Å². The quantitative estimate of drug-likeness (QED) is 0.629. The van der Waals surface area contributed by atoms with Crippen molar-refractivity contribution in [2.24, 2.45) is 23.5 Å². The van der Waals surface area contributed by atoms with Gasteiger partial charge in [-0.05, 0) is 44.1 Å². The molecule has 1 fully saturated rings. The zero-order chi connectivity index (χ0) is 11.3. The first-order valence-electron chi connectivity index (χ1n) is 6.13. The molecule has 1 aliphatic rings.